The maximum Gasteiger partial charge on any atom is 0.262 e. The van der Waals surface area contributed by atoms with Crippen LogP contribution >= 0.6 is 23.2 Å². The first-order valence-corrected chi connectivity index (χ1v) is 15.3. The number of anilines is 2. The summed E-state index contributed by atoms with van der Waals surface area (Å²) in [5.41, 5.74) is 3.21. The predicted molar refractivity (Wildman–Crippen MR) is 177 cm³/mol. The van der Waals surface area contributed by atoms with E-state index in [1.807, 2.05) is 6.07 Å². The second-order valence-electron chi connectivity index (χ2n) is 12.1. The molecule has 0 spiro atoms. The summed E-state index contributed by atoms with van der Waals surface area (Å²) in [5, 5.41) is 11.5. The maximum atomic E-state index is 13.0. The van der Waals surface area contributed by atoms with Crippen LogP contribution in [-0.4, -0.2) is 30.2 Å². The lowest BCUT2D eigenvalue weighted by molar-refractivity contribution is -0.118. The maximum absolute atomic E-state index is 13.0. The topological polar surface area (TPSA) is 100 Å². The largest absolute Gasteiger partial charge is 0.483 e. The van der Waals surface area contributed by atoms with E-state index in [0.717, 1.165) is 23.4 Å². The number of hydrazone groups is 1. The molecular formula is C34H38Cl2N4O4. The molecule has 1 aliphatic heterocycles. The number of carbonyl (C=O) groups is 3. The number of amides is 3. The van der Waals surface area contributed by atoms with E-state index in [4.69, 9.17) is 27.9 Å². The van der Waals surface area contributed by atoms with Gasteiger partial charge >= 0.3 is 0 Å². The molecule has 3 amide bonds. The quantitative estimate of drug-likeness (QED) is 0.236. The molecule has 8 nitrogen and oxygen atoms in total. The van der Waals surface area contributed by atoms with Crippen molar-refractivity contribution in [2.75, 3.05) is 16.9 Å². The summed E-state index contributed by atoms with van der Waals surface area (Å²) in [6.07, 6.45) is 1.80. The molecule has 0 atom stereocenters. The molecule has 0 radical (unpaired) electrons. The summed E-state index contributed by atoms with van der Waals surface area (Å²) in [6.45, 7) is 12.9. The van der Waals surface area contributed by atoms with Crippen molar-refractivity contribution in [3.63, 3.8) is 0 Å². The minimum atomic E-state index is -0.482. The highest BCUT2D eigenvalue weighted by Crippen LogP contribution is 2.38. The van der Waals surface area contributed by atoms with Crippen LogP contribution < -0.4 is 20.4 Å². The Hall–Kier alpha value is -3.88. The highest BCUT2D eigenvalue weighted by Gasteiger charge is 2.29. The van der Waals surface area contributed by atoms with Crippen LogP contribution in [-0.2, 0) is 20.4 Å². The van der Waals surface area contributed by atoms with Gasteiger partial charge in [0.25, 0.3) is 17.7 Å². The smallest absolute Gasteiger partial charge is 0.262 e. The second kappa shape index (κ2) is 13.4. The molecule has 1 heterocycles. The van der Waals surface area contributed by atoms with Gasteiger partial charge in [-0.15, -0.1) is 0 Å². The van der Waals surface area contributed by atoms with Gasteiger partial charge < -0.3 is 15.4 Å². The molecule has 0 unspecified atom stereocenters. The van der Waals surface area contributed by atoms with E-state index in [1.165, 1.54) is 11.6 Å². The van der Waals surface area contributed by atoms with Gasteiger partial charge in [0.2, 0.25) is 0 Å². The summed E-state index contributed by atoms with van der Waals surface area (Å²) in [5.74, 6) is -0.362. The number of rotatable bonds is 10. The van der Waals surface area contributed by atoms with Crippen LogP contribution in [0.25, 0.3) is 0 Å². The van der Waals surface area contributed by atoms with Gasteiger partial charge in [-0.05, 0) is 71.7 Å². The van der Waals surface area contributed by atoms with Crippen LogP contribution in [0.2, 0.25) is 10.0 Å². The second-order valence-corrected chi connectivity index (χ2v) is 12.9. The fourth-order valence-corrected chi connectivity index (χ4v) is 4.98. The zero-order valence-electron chi connectivity index (χ0n) is 25.9. The Morgan fingerprint density at radius 3 is 2.36 bits per heavy atom. The number of hydrogen-bond acceptors (Lipinski definition) is 5. The van der Waals surface area contributed by atoms with Crippen LogP contribution in [0.5, 0.6) is 5.75 Å². The molecule has 4 rings (SSSR count). The van der Waals surface area contributed by atoms with E-state index < -0.39 is 5.91 Å². The van der Waals surface area contributed by atoms with Gasteiger partial charge in [-0.25, -0.2) is 0 Å². The Morgan fingerprint density at radius 1 is 0.932 bits per heavy atom. The molecule has 1 aliphatic rings. The van der Waals surface area contributed by atoms with Crippen LogP contribution in [0, 0.1) is 0 Å². The first kappa shape index (κ1) is 33.0. The van der Waals surface area contributed by atoms with Crippen molar-refractivity contribution in [2.45, 2.75) is 71.6 Å². The van der Waals surface area contributed by atoms with Gasteiger partial charge in [0.05, 0.1) is 17.1 Å². The minimum absolute atomic E-state index is 0.0228. The first-order chi connectivity index (χ1) is 20.7. The lowest BCUT2D eigenvalue weighted by Gasteiger charge is -2.30. The Bertz CT molecular complexity index is 1620. The Labute approximate surface area is 268 Å². The fourth-order valence-electron chi connectivity index (χ4n) is 4.62. The van der Waals surface area contributed by atoms with E-state index in [2.05, 4.69) is 69.4 Å². The van der Waals surface area contributed by atoms with Crippen molar-refractivity contribution in [3.8, 4) is 5.75 Å². The third-order valence-electron chi connectivity index (χ3n) is 8.20. The highest BCUT2D eigenvalue weighted by atomic mass is 35.5. The molecular weight excluding hydrogens is 599 g/mol. The summed E-state index contributed by atoms with van der Waals surface area (Å²) in [4.78, 5) is 38.5. The van der Waals surface area contributed by atoms with Gasteiger partial charge in [-0.1, -0.05) is 82.9 Å². The number of nitrogens with one attached hydrogen (secondary N) is 2. The Morgan fingerprint density at radius 2 is 1.66 bits per heavy atom. The number of amidine groups is 1. The molecule has 0 aliphatic carbocycles. The number of nitrogens with zero attached hydrogens (tertiary/aromatic N) is 2. The van der Waals surface area contributed by atoms with E-state index in [-0.39, 0.29) is 47.1 Å². The van der Waals surface area contributed by atoms with Gasteiger partial charge in [-0.2, -0.15) is 10.1 Å². The molecule has 2 N–H and O–H groups in total. The highest BCUT2D eigenvalue weighted by molar-refractivity contribution is 6.36. The minimum Gasteiger partial charge on any atom is -0.483 e. The van der Waals surface area contributed by atoms with Gasteiger partial charge in [0, 0.05) is 21.8 Å². The van der Waals surface area contributed by atoms with E-state index in [0.29, 0.717) is 27.2 Å². The van der Waals surface area contributed by atoms with Crippen molar-refractivity contribution in [3.05, 3.63) is 87.4 Å². The molecule has 3 aromatic carbocycles. The predicted octanol–water partition coefficient (Wildman–Crippen LogP) is 7.87. The molecule has 44 heavy (non-hydrogen) atoms. The van der Waals surface area contributed by atoms with Crippen LogP contribution in [0.15, 0.2) is 65.8 Å². The van der Waals surface area contributed by atoms with E-state index >= 15 is 0 Å². The summed E-state index contributed by atoms with van der Waals surface area (Å²) >= 11 is 12.3. The van der Waals surface area contributed by atoms with E-state index in [9.17, 15) is 14.4 Å². The van der Waals surface area contributed by atoms with Crippen molar-refractivity contribution >= 4 is 58.1 Å². The molecule has 0 fully saturated rings. The average molecular weight is 638 g/mol. The summed E-state index contributed by atoms with van der Waals surface area (Å²) in [7, 11) is 0. The van der Waals surface area contributed by atoms with Crippen molar-refractivity contribution < 1.29 is 19.1 Å². The zero-order valence-corrected chi connectivity index (χ0v) is 27.4. The Balaban J connectivity index is 1.42. The number of ether oxygens (including phenoxy) is 1. The average Bonchev–Trinajstić information content (AvgIpc) is 3.36. The zero-order chi connectivity index (χ0) is 32.2. The number of benzene rings is 3. The molecule has 0 saturated heterocycles. The monoisotopic (exact) mass is 636 g/mol. The summed E-state index contributed by atoms with van der Waals surface area (Å²) < 4.78 is 6.04. The molecule has 0 saturated carbocycles. The number of hydrogen-bond donors (Lipinski definition) is 2. The third kappa shape index (κ3) is 7.60. The van der Waals surface area contributed by atoms with Crippen molar-refractivity contribution in [2.24, 2.45) is 5.10 Å². The van der Waals surface area contributed by atoms with Crippen molar-refractivity contribution in [1.29, 1.82) is 0 Å². The summed E-state index contributed by atoms with van der Waals surface area (Å²) in [6, 6.07) is 17.4. The molecule has 3 aromatic rings. The molecule has 10 heteroatoms. The number of halogens is 2. The van der Waals surface area contributed by atoms with Crippen LogP contribution in [0.1, 0.15) is 82.3 Å². The lowest BCUT2D eigenvalue weighted by Crippen LogP contribution is -2.30. The third-order valence-corrected chi connectivity index (χ3v) is 8.75. The van der Waals surface area contributed by atoms with Crippen molar-refractivity contribution in [1.82, 2.24) is 5.32 Å². The Kier molecular flexibility index (Phi) is 10.1. The fraction of sp³-hybridized carbons (Fsp3) is 0.353. The van der Waals surface area contributed by atoms with Gasteiger partial charge in [-0.3, -0.25) is 14.4 Å². The molecule has 0 aromatic heterocycles. The molecule has 0 bridgehead atoms. The SMILES string of the molecule is CCC(C)(C)c1ccc(OCC(=O)Nc2cccc(C(=O)NC3=NN(c4cc(Cl)ccc4Cl)C(=O)C3)c2)c(C(C)(C)CC)c1. The van der Waals surface area contributed by atoms with Crippen LogP contribution in [0.3, 0.4) is 0 Å². The van der Waals surface area contributed by atoms with Crippen LogP contribution in [0.4, 0.5) is 11.4 Å². The number of carbonyl (C=O) groups excluding carboxylic acids is 3. The molecule has 232 valence electrons. The first-order valence-electron chi connectivity index (χ1n) is 14.6. The lowest BCUT2D eigenvalue weighted by atomic mass is 9.76. The standard InChI is InChI=1S/C34H38Cl2N4O4/c1-7-33(3,4)22-12-15-28(25(17-22)34(5,6)8-2)44-20-30(41)37-24-11-9-10-21(16-24)32(43)38-29-19-31(42)40(39-29)27-18-23(35)13-14-26(27)36/h9-18H,7-8,19-20H2,1-6H3,(H,37,41)(H,38,39,43). The van der Waals surface area contributed by atoms with Gasteiger partial charge in [0.15, 0.2) is 6.61 Å². The van der Waals surface area contributed by atoms with Gasteiger partial charge in [0.1, 0.15) is 11.6 Å². The van der Waals surface area contributed by atoms with E-state index in [1.54, 1.807) is 36.4 Å². The normalized spacial score (nSPS) is 13.5.